The molecule has 4 nitrogen and oxygen atoms in total. The molecule has 1 amide bonds. The molecule has 0 radical (unpaired) electrons. The lowest BCUT2D eigenvalue weighted by Crippen LogP contribution is -2.33. The van der Waals surface area contributed by atoms with Crippen LogP contribution in [0, 0.1) is 19.8 Å². The van der Waals surface area contributed by atoms with Crippen LogP contribution in [0.2, 0.25) is 0 Å². The van der Waals surface area contributed by atoms with Crippen LogP contribution in [0.5, 0.6) is 5.75 Å². The van der Waals surface area contributed by atoms with Crippen molar-refractivity contribution in [3.63, 3.8) is 0 Å². The molecule has 1 aromatic rings. The minimum Gasteiger partial charge on any atom is -0.493 e. The van der Waals surface area contributed by atoms with Gasteiger partial charge in [0.05, 0.1) is 6.61 Å². The van der Waals surface area contributed by atoms with Crippen molar-refractivity contribution in [2.45, 2.75) is 52.4 Å². The van der Waals surface area contributed by atoms with Crippen molar-refractivity contribution >= 4 is 5.91 Å². The van der Waals surface area contributed by atoms with E-state index in [0.717, 1.165) is 56.1 Å². The second-order valence-electron chi connectivity index (χ2n) is 6.93. The van der Waals surface area contributed by atoms with E-state index in [1.807, 2.05) is 0 Å². The van der Waals surface area contributed by atoms with Crippen molar-refractivity contribution in [1.29, 1.82) is 0 Å². The second-order valence-corrected chi connectivity index (χ2v) is 6.93. The Kier molecular flexibility index (Phi) is 8.10. The van der Waals surface area contributed by atoms with Gasteiger partial charge in [-0.3, -0.25) is 4.79 Å². The molecule has 2 rings (SSSR count). The number of ether oxygens (including phenoxy) is 1. The first-order chi connectivity index (χ1) is 11.6. The van der Waals surface area contributed by atoms with Gasteiger partial charge >= 0.3 is 0 Å². The summed E-state index contributed by atoms with van der Waals surface area (Å²) >= 11 is 0. The van der Waals surface area contributed by atoms with Crippen molar-refractivity contribution in [1.82, 2.24) is 10.6 Å². The van der Waals surface area contributed by atoms with E-state index in [9.17, 15) is 4.79 Å². The Hall–Kier alpha value is -1.55. The highest BCUT2D eigenvalue weighted by atomic mass is 16.5. The Balaban J connectivity index is 1.50. The van der Waals surface area contributed by atoms with Gasteiger partial charge in [0.1, 0.15) is 5.75 Å². The highest BCUT2D eigenvalue weighted by molar-refractivity contribution is 5.75. The van der Waals surface area contributed by atoms with Crippen LogP contribution < -0.4 is 15.4 Å². The van der Waals surface area contributed by atoms with Crippen LogP contribution in [-0.2, 0) is 4.79 Å². The summed E-state index contributed by atoms with van der Waals surface area (Å²) in [6.07, 6.45) is 6.03. The largest absolute Gasteiger partial charge is 0.493 e. The third-order valence-electron chi connectivity index (χ3n) is 4.67. The number of rotatable bonds is 9. The number of piperidine rings is 1. The van der Waals surface area contributed by atoms with Crippen LogP contribution in [0.4, 0.5) is 0 Å². The predicted molar refractivity (Wildman–Crippen MR) is 98.5 cm³/mol. The van der Waals surface area contributed by atoms with E-state index in [0.29, 0.717) is 13.0 Å². The van der Waals surface area contributed by atoms with Gasteiger partial charge in [0.25, 0.3) is 0 Å². The van der Waals surface area contributed by atoms with Crippen molar-refractivity contribution in [3.05, 3.63) is 29.3 Å². The van der Waals surface area contributed by atoms with Crippen LogP contribution in [0.3, 0.4) is 0 Å². The molecule has 1 fully saturated rings. The van der Waals surface area contributed by atoms with Gasteiger partial charge in [-0.2, -0.15) is 0 Å². The van der Waals surface area contributed by atoms with E-state index in [2.05, 4.69) is 42.7 Å². The molecule has 1 unspecified atom stereocenters. The van der Waals surface area contributed by atoms with Gasteiger partial charge in [-0.1, -0.05) is 12.1 Å². The van der Waals surface area contributed by atoms with Crippen LogP contribution in [0.1, 0.15) is 49.7 Å². The number of nitrogens with one attached hydrogen (secondary N) is 2. The zero-order valence-corrected chi connectivity index (χ0v) is 15.2. The number of hydrogen-bond acceptors (Lipinski definition) is 3. The molecule has 1 heterocycles. The average Bonchev–Trinajstić information content (AvgIpc) is 2.58. The number of aryl methyl sites for hydroxylation is 2. The molecule has 0 aliphatic carbocycles. The molecule has 1 saturated heterocycles. The van der Waals surface area contributed by atoms with Gasteiger partial charge < -0.3 is 15.4 Å². The SMILES string of the molecule is Cc1ccc(C)c(OCCCCC(=O)NCCC2CCCNC2)c1. The van der Waals surface area contributed by atoms with Crippen molar-refractivity contribution < 1.29 is 9.53 Å². The zero-order chi connectivity index (χ0) is 17.2. The summed E-state index contributed by atoms with van der Waals surface area (Å²) in [6.45, 7) is 7.86. The highest BCUT2D eigenvalue weighted by Gasteiger charge is 2.12. The summed E-state index contributed by atoms with van der Waals surface area (Å²) in [4.78, 5) is 11.8. The lowest BCUT2D eigenvalue weighted by Gasteiger charge is -2.22. The summed E-state index contributed by atoms with van der Waals surface area (Å²) < 4.78 is 5.82. The van der Waals surface area contributed by atoms with Crippen LogP contribution >= 0.6 is 0 Å². The van der Waals surface area contributed by atoms with Gasteiger partial charge in [0.2, 0.25) is 5.91 Å². The standard InChI is InChI=1S/C20H32N2O2/c1-16-8-9-17(2)19(14-16)24-13-4-3-7-20(23)22-12-10-18-6-5-11-21-15-18/h8-9,14,18,21H,3-7,10-13,15H2,1-2H3,(H,22,23). The highest BCUT2D eigenvalue weighted by Crippen LogP contribution is 2.19. The summed E-state index contributed by atoms with van der Waals surface area (Å²) in [5, 5.41) is 6.46. The first-order valence-corrected chi connectivity index (χ1v) is 9.32. The molecule has 0 saturated carbocycles. The van der Waals surface area contributed by atoms with E-state index >= 15 is 0 Å². The molecule has 0 spiro atoms. The molecule has 2 N–H and O–H groups in total. The first kappa shape index (κ1) is 18.8. The number of hydrogen-bond donors (Lipinski definition) is 2. The molecule has 1 aliphatic heterocycles. The van der Waals surface area contributed by atoms with Crippen LogP contribution in [0.15, 0.2) is 18.2 Å². The number of carbonyl (C=O) groups excluding carboxylic acids is 1. The van der Waals surface area contributed by atoms with Crippen LogP contribution in [-0.4, -0.2) is 32.1 Å². The fraction of sp³-hybridized carbons (Fsp3) is 0.650. The Labute approximate surface area is 146 Å². The van der Waals surface area contributed by atoms with Crippen molar-refractivity contribution in [2.24, 2.45) is 5.92 Å². The molecule has 24 heavy (non-hydrogen) atoms. The van der Waals surface area contributed by atoms with Gasteiger partial charge in [0.15, 0.2) is 0 Å². The lowest BCUT2D eigenvalue weighted by atomic mass is 9.96. The summed E-state index contributed by atoms with van der Waals surface area (Å²) in [5.41, 5.74) is 2.37. The fourth-order valence-corrected chi connectivity index (χ4v) is 3.11. The predicted octanol–water partition coefficient (Wildman–Crippen LogP) is 3.36. The maximum Gasteiger partial charge on any atom is 0.219 e. The van der Waals surface area contributed by atoms with E-state index in [1.165, 1.54) is 18.4 Å². The van der Waals surface area contributed by atoms with Gasteiger partial charge in [-0.25, -0.2) is 0 Å². The molecule has 134 valence electrons. The quantitative estimate of drug-likeness (QED) is 0.682. The molecule has 1 aromatic carbocycles. The third kappa shape index (κ3) is 6.91. The van der Waals surface area contributed by atoms with Crippen molar-refractivity contribution in [3.8, 4) is 5.75 Å². The summed E-state index contributed by atoms with van der Waals surface area (Å²) in [5.74, 6) is 1.86. The Morgan fingerprint density at radius 3 is 3.00 bits per heavy atom. The minimum atomic E-state index is 0.172. The minimum absolute atomic E-state index is 0.172. The third-order valence-corrected chi connectivity index (χ3v) is 4.67. The van der Waals surface area contributed by atoms with Crippen LogP contribution in [0.25, 0.3) is 0 Å². The Morgan fingerprint density at radius 1 is 1.33 bits per heavy atom. The molecule has 1 atom stereocenters. The first-order valence-electron chi connectivity index (χ1n) is 9.32. The summed E-state index contributed by atoms with van der Waals surface area (Å²) in [7, 11) is 0. The van der Waals surface area contributed by atoms with Gasteiger partial charge in [-0.15, -0.1) is 0 Å². The Bertz CT molecular complexity index is 510. The number of amides is 1. The topological polar surface area (TPSA) is 50.4 Å². The van der Waals surface area contributed by atoms with E-state index in [1.54, 1.807) is 0 Å². The fourth-order valence-electron chi connectivity index (χ4n) is 3.11. The maximum atomic E-state index is 11.8. The van der Waals surface area contributed by atoms with Gasteiger partial charge in [0, 0.05) is 13.0 Å². The second kappa shape index (κ2) is 10.3. The number of unbranched alkanes of at least 4 members (excludes halogenated alkanes) is 1. The van der Waals surface area contributed by atoms with Crippen molar-refractivity contribution in [2.75, 3.05) is 26.2 Å². The number of benzene rings is 1. The maximum absolute atomic E-state index is 11.8. The molecule has 0 bridgehead atoms. The van der Waals surface area contributed by atoms with E-state index in [4.69, 9.17) is 4.74 Å². The molecular formula is C20H32N2O2. The smallest absolute Gasteiger partial charge is 0.219 e. The Morgan fingerprint density at radius 2 is 2.21 bits per heavy atom. The molecule has 0 aromatic heterocycles. The monoisotopic (exact) mass is 332 g/mol. The lowest BCUT2D eigenvalue weighted by molar-refractivity contribution is -0.121. The molecule has 1 aliphatic rings. The molecule has 4 heteroatoms. The zero-order valence-electron chi connectivity index (χ0n) is 15.2. The van der Waals surface area contributed by atoms with E-state index < -0.39 is 0 Å². The molecular weight excluding hydrogens is 300 g/mol. The normalized spacial score (nSPS) is 17.5. The summed E-state index contributed by atoms with van der Waals surface area (Å²) in [6, 6.07) is 6.25. The van der Waals surface area contributed by atoms with Gasteiger partial charge in [-0.05, 0) is 82.2 Å². The van der Waals surface area contributed by atoms with E-state index in [-0.39, 0.29) is 5.91 Å². The number of carbonyl (C=O) groups is 1. The average molecular weight is 332 g/mol.